The van der Waals surface area contributed by atoms with Crippen molar-refractivity contribution in [3.8, 4) is 11.5 Å². The normalized spacial score (nSPS) is 16.8. The SMILES string of the molecule is CCCC(O)N(CC)c1c2cc(N)c(C)c1OS(=O)(=O)O2. The third-order valence-corrected chi connectivity index (χ3v) is 4.17. The third kappa shape index (κ3) is 2.86. The lowest BCUT2D eigenvalue weighted by atomic mass is 10.1. The van der Waals surface area contributed by atoms with Crippen LogP contribution in [0.3, 0.4) is 0 Å². The van der Waals surface area contributed by atoms with Crippen molar-refractivity contribution in [2.75, 3.05) is 17.2 Å². The van der Waals surface area contributed by atoms with Gasteiger partial charge in [0.15, 0.2) is 11.5 Å². The molecule has 0 aromatic heterocycles. The van der Waals surface area contributed by atoms with Crippen molar-refractivity contribution in [3.63, 3.8) is 0 Å². The summed E-state index contributed by atoms with van der Waals surface area (Å²) >= 11 is 0. The van der Waals surface area contributed by atoms with Crippen LogP contribution in [0.2, 0.25) is 0 Å². The highest BCUT2D eigenvalue weighted by Gasteiger charge is 2.35. The van der Waals surface area contributed by atoms with Crippen LogP contribution in [0.1, 0.15) is 32.3 Å². The summed E-state index contributed by atoms with van der Waals surface area (Å²) < 4.78 is 33.0. The van der Waals surface area contributed by atoms with Crippen LogP contribution in [0, 0.1) is 6.92 Å². The lowest BCUT2D eigenvalue weighted by Crippen LogP contribution is -2.37. The Bertz CT molecular complexity index is 644. The Labute approximate surface area is 124 Å². The van der Waals surface area contributed by atoms with Crippen molar-refractivity contribution in [2.45, 2.75) is 39.8 Å². The highest BCUT2D eigenvalue weighted by Crippen LogP contribution is 2.48. The number of benzene rings is 1. The molecule has 118 valence electrons. The average molecular weight is 316 g/mol. The molecule has 21 heavy (non-hydrogen) atoms. The van der Waals surface area contributed by atoms with E-state index >= 15 is 0 Å². The van der Waals surface area contributed by atoms with Crippen LogP contribution in [0.15, 0.2) is 6.07 Å². The van der Waals surface area contributed by atoms with Gasteiger partial charge in [-0.2, -0.15) is 0 Å². The zero-order valence-corrected chi connectivity index (χ0v) is 13.1. The Hall–Kier alpha value is -1.67. The summed E-state index contributed by atoms with van der Waals surface area (Å²) in [6.45, 7) is 5.95. The van der Waals surface area contributed by atoms with Crippen LogP contribution in [0.5, 0.6) is 11.5 Å². The van der Waals surface area contributed by atoms with Gasteiger partial charge in [-0.1, -0.05) is 13.3 Å². The molecule has 7 nitrogen and oxygen atoms in total. The Morgan fingerprint density at radius 3 is 2.62 bits per heavy atom. The van der Waals surface area contributed by atoms with E-state index in [0.29, 0.717) is 29.9 Å². The molecule has 3 N–H and O–H groups in total. The zero-order valence-electron chi connectivity index (χ0n) is 12.3. The highest BCUT2D eigenvalue weighted by molar-refractivity contribution is 7.82. The van der Waals surface area contributed by atoms with Gasteiger partial charge >= 0.3 is 10.4 Å². The monoisotopic (exact) mass is 316 g/mol. The van der Waals surface area contributed by atoms with Crippen molar-refractivity contribution in [1.82, 2.24) is 0 Å². The van der Waals surface area contributed by atoms with Gasteiger partial charge in [-0.05, 0) is 20.3 Å². The predicted octanol–water partition coefficient (Wildman–Crippen LogP) is 1.54. The lowest BCUT2D eigenvalue weighted by molar-refractivity contribution is 0.157. The van der Waals surface area contributed by atoms with Crippen LogP contribution in [0.4, 0.5) is 11.4 Å². The summed E-state index contributed by atoms with van der Waals surface area (Å²) in [6.07, 6.45) is 0.577. The number of anilines is 2. The zero-order chi connectivity index (χ0) is 15.8. The Morgan fingerprint density at radius 2 is 2.05 bits per heavy atom. The van der Waals surface area contributed by atoms with Gasteiger partial charge in [-0.15, -0.1) is 8.42 Å². The van der Waals surface area contributed by atoms with E-state index in [1.54, 1.807) is 11.8 Å². The lowest BCUT2D eigenvalue weighted by Gasteiger charge is -2.34. The summed E-state index contributed by atoms with van der Waals surface area (Å²) in [7, 11) is -4.14. The highest BCUT2D eigenvalue weighted by atomic mass is 32.3. The molecule has 0 saturated heterocycles. The predicted molar refractivity (Wildman–Crippen MR) is 79.7 cm³/mol. The van der Waals surface area contributed by atoms with Gasteiger partial charge in [-0.25, -0.2) is 0 Å². The molecule has 1 aromatic rings. The first kappa shape index (κ1) is 15.7. The molecule has 1 aliphatic heterocycles. The molecular weight excluding hydrogens is 296 g/mol. The maximum Gasteiger partial charge on any atom is 0.501 e. The largest absolute Gasteiger partial charge is 0.501 e. The molecule has 1 atom stereocenters. The molecule has 2 rings (SSSR count). The van der Waals surface area contributed by atoms with Gasteiger partial charge in [0.1, 0.15) is 11.9 Å². The summed E-state index contributed by atoms with van der Waals surface area (Å²) in [4.78, 5) is 1.65. The Kier molecular flexibility index (Phi) is 4.20. The number of rotatable bonds is 5. The number of nitrogens with zero attached hydrogens (tertiary/aromatic N) is 1. The summed E-state index contributed by atoms with van der Waals surface area (Å²) in [5.74, 6) is 0.199. The van der Waals surface area contributed by atoms with Crippen LogP contribution in [0.25, 0.3) is 0 Å². The van der Waals surface area contributed by atoms with Crippen molar-refractivity contribution in [3.05, 3.63) is 11.6 Å². The quantitative estimate of drug-likeness (QED) is 0.627. The fourth-order valence-electron chi connectivity index (χ4n) is 2.34. The maximum absolute atomic E-state index is 11.6. The Balaban J connectivity index is 2.59. The molecule has 0 saturated carbocycles. The van der Waals surface area contributed by atoms with E-state index in [-0.39, 0.29) is 11.5 Å². The fourth-order valence-corrected chi connectivity index (χ4v) is 3.13. The number of hydrogen-bond donors (Lipinski definition) is 2. The minimum Gasteiger partial charge on any atom is -0.398 e. The van der Waals surface area contributed by atoms with Gasteiger partial charge in [0.05, 0.1) is 0 Å². The minimum atomic E-state index is -4.14. The van der Waals surface area contributed by atoms with E-state index in [1.807, 2.05) is 13.8 Å². The van der Waals surface area contributed by atoms with E-state index < -0.39 is 16.6 Å². The minimum absolute atomic E-state index is 0.0800. The van der Waals surface area contributed by atoms with Crippen LogP contribution in [-0.4, -0.2) is 26.3 Å². The third-order valence-electron chi connectivity index (χ3n) is 3.42. The average Bonchev–Trinajstić information content (AvgIpc) is 2.38. The van der Waals surface area contributed by atoms with Gasteiger partial charge in [0, 0.05) is 23.9 Å². The molecule has 8 heteroatoms. The molecule has 2 bridgehead atoms. The smallest absolute Gasteiger partial charge is 0.398 e. The molecule has 0 spiro atoms. The molecular formula is C13H20N2O5S. The van der Waals surface area contributed by atoms with Gasteiger partial charge in [-0.3, -0.25) is 0 Å². The summed E-state index contributed by atoms with van der Waals surface area (Å²) in [5.41, 5.74) is 7.12. The number of fused-ring (bicyclic) bond motifs is 2. The molecule has 0 fully saturated rings. The topological polar surface area (TPSA) is 102 Å². The number of aliphatic hydroxyl groups is 1. The van der Waals surface area contributed by atoms with Gasteiger partial charge in [0.2, 0.25) is 0 Å². The Morgan fingerprint density at radius 1 is 1.38 bits per heavy atom. The molecule has 1 heterocycles. The van der Waals surface area contributed by atoms with Crippen LogP contribution < -0.4 is 19.0 Å². The molecule has 1 aliphatic rings. The fraction of sp³-hybridized carbons (Fsp3) is 0.538. The van der Waals surface area contributed by atoms with E-state index in [4.69, 9.17) is 14.1 Å². The number of aliphatic hydroxyl groups excluding tert-OH is 1. The second-order valence-corrected chi connectivity index (χ2v) is 6.05. The maximum atomic E-state index is 11.6. The van der Waals surface area contributed by atoms with Crippen LogP contribution >= 0.6 is 0 Å². The van der Waals surface area contributed by atoms with E-state index in [0.717, 1.165) is 6.42 Å². The second-order valence-electron chi connectivity index (χ2n) is 4.90. The molecule has 0 radical (unpaired) electrons. The first-order chi connectivity index (χ1) is 9.80. The second kappa shape index (κ2) is 5.61. The summed E-state index contributed by atoms with van der Waals surface area (Å²) in [6, 6.07) is 1.44. The van der Waals surface area contributed by atoms with Gasteiger partial charge < -0.3 is 24.1 Å². The van der Waals surface area contributed by atoms with E-state index in [2.05, 4.69) is 0 Å². The summed E-state index contributed by atoms with van der Waals surface area (Å²) in [5, 5.41) is 10.3. The van der Waals surface area contributed by atoms with E-state index in [9.17, 15) is 13.5 Å². The molecule has 0 aliphatic carbocycles. The molecule has 0 amide bonds. The number of nitrogen functional groups attached to an aromatic ring is 1. The van der Waals surface area contributed by atoms with Crippen LogP contribution in [-0.2, 0) is 10.4 Å². The first-order valence-corrected chi connectivity index (χ1v) is 8.15. The number of hydrogen-bond acceptors (Lipinski definition) is 7. The van der Waals surface area contributed by atoms with Gasteiger partial charge in [0.25, 0.3) is 0 Å². The standard InChI is InChI=1S/C13H20N2O5S/c1-4-6-11(16)15(5-2)12-10-7-9(14)8(3)13(12)20-21(17,18)19-10/h7,11,16H,4-6,14H2,1-3H3. The van der Waals surface area contributed by atoms with Crippen molar-refractivity contribution in [1.29, 1.82) is 0 Å². The van der Waals surface area contributed by atoms with Crippen molar-refractivity contribution in [2.24, 2.45) is 0 Å². The molecule has 1 aromatic carbocycles. The van der Waals surface area contributed by atoms with Crippen molar-refractivity contribution < 1.29 is 21.9 Å². The van der Waals surface area contributed by atoms with E-state index in [1.165, 1.54) is 6.07 Å². The molecule has 1 unspecified atom stereocenters. The van der Waals surface area contributed by atoms with Crippen molar-refractivity contribution >= 4 is 21.8 Å². The number of nitrogens with two attached hydrogens (primary N) is 1. The first-order valence-electron chi connectivity index (χ1n) is 6.82.